The molecule has 0 spiro atoms. The average molecular weight is 202 g/mol. The summed E-state index contributed by atoms with van der Waals surface area (Å²) in [5.74, 6) is 0. The molecule has 1 N–H and O–H groups in total. The summed E-state index contributed by atoms with van der Waals surface area (Å²) in [6.45, 7) is 0.839. The van der Waals surface area contributed by atoms with Crippen molar-refractivity contribution in [2.24, 2.45) is 0 Å². The maximum atomic E-state index is 7.79. The fourth-order valence-corrected chi connectivity index (χ4v) is 2.51. The van der Waals surface area contributed by atoms with Crippen LogP contribution in [0.2, 0.25) is 0 Å². The molecule has 82 valence electrons. The predicted octanol–water partition coefficient (Wildman–Crippen LogP) is 0.374. The van der Waals surface area contributed by atoms with Gasteiger partial charge in [-0.2, -0.15) is 0 Å². The first-order valence-corrected chi connectivity index (χ1v) is 5.46. The highest BCUT2D eigenvalue weighted by atomic mass is 15.3. The van der Waals surface area contributed by atoms with Crippen LogP contribution >= 0.6 is 0 Å². The molecule has 0 bridgehead atoms. The largest absolute Gasteiger partial charge is 0.313 e. The van der Waals surface area contributed by atoms with E-state index < -0.39 is 13.3 Å². The van der Waals surface area contributed by atoms with E-state index in [1.165, 1.54) is 4.90 Å². The Labute approximate surface area is 94.5 Å². The van der Waals surface area contributed by atoms with Gasteiger partial charge in [-0.3, -0.25) is 4.90 Å². The van der Waals surface area contributed by atoms with Gasteiger partial charge in [0.1, 0.15) is 0 Å². The van der Waals surface area contributed by atoms with Crippen molar-refractivity contribution >= 4 is 0 Å². The van der Waals surface area contributed by atoms with E-state index in [0.717, 1.165) is 26.1 Å². The molecule has 2 atom stereocenters. The smallest absolute Gasteiger partial charge is 0.0428 e. The monoisotopic (exact) mass is 202 g/mol. The second-order valence-corrected chi connectivity index (χ2v) is 4.23. The predicted molar refractivity (Wildman–Crippen MR) is 59.6 cm³/mol. The molecule has 2 fully saturated rings. The Kier molecular flexibility index (Phi) is 1.91. The molecular weight excluding hydrogens is 174 g/mol. The van der Waals surface area contributed by atoms with Crippen LogP contribution in [0.3, 0.4) is 0 Å². The highest BCUT2D eigenvalue weighted by molar-refractivity contribution is 4.90. The lowest BCUT2D eigenvalue weighted by Crippen LogP contribution is -2.52. The van der Waals surface area contributed by atoms with Gasteiger partial charge in [0.25, 0.3) is 0 Å². The van der Waals surface area contributed by atoms with Crippen molar-refractivity contribution in [2.45, 2.75) is 32.3 Å². The Hall–Kier alpha value is -0.120. The summed E-state index contributed by atoms with van der Waals surface area (Å²) in [6, 6.07) is 0.965. The zero-order chi connectivity index (χ0) is 14.3. The Morgan fingerprint density at radius 2 is 2.21 bits per heavy atom. The molecule has 0 aliphatic carbocycles. The van der Waals surface area contributed by atoms with Crippen molar-refractivity contribution < 1.29 is 6.85 Å². The van der Waals surface area contributed by atoms with Gasteiger partial charge < -0.3 is 10.2 Å². The fraction of sp³-hybridized carbons (Fsp3) is 1.00. The molecule has 0 aromatic rings. The standard InChI is InChI=1S/C11H23N3/c1-3-13-6-8-14(9-7-13)11-4-5-12-10(11)2/h10-12H,3-9H2,1-2H3/t10-,11-/m0/s1/i1D3,3D2. The number of hydrogen-bond acceptors (Lipinski definition) is 3. The van der Waals surface area contributed by atoms with E-state index in [1.54, 1.807) is 0 Å². The summed E-state index contributed by atoms with van der Waals surface area (Å²) in [5.41, 5.74) is 0. The summed E-state index contributed by atoms with van der Waals surface area (Å²) >= 11 is 0. The van der Waals surface area contributed by atoms with Crippen molar-refractivity contribution in [3.63, 3.8) is 0 Å². The van der Waals surface area contributed by atoms with Crippen LogP contribution < -0.4 is 5.32 Å². The van der Waals surface area contributed by atoms with Crippen LogP contribution in [-0.2, 0) is 0 Å². The van der Waals surface area contributed by atoms with E-state index in [-0.39, 0.29) is 0 Å². The molecule has 0 amide bonds. The molecule has 3 heteroatoms. The molecule has 0 saturated carbocycles. The van der Waals surface area contributed by atoms with E-state index in [9.17, 15) is 0 Å². The van der Waals surface area contributed by atoms with Crippen LogP contribution in [0.4, 0.5) is 0 Å². The summed E-state index contributed by atoms with van der Waals surface area (Å²) in [6.07, 6.45) is 1.12. The van der Waals surface area contributed by atoms with Gasteiger partial charge in [0, 0.05) is 45.1 Å². The summed E-state index contributed by atoms with van der Waals surface area (Å²) in [4.78, 5) is 3.82. The van der Waals surface area contributed by atoms with Crippen LogP contribution in [-0.4, -0.2) is 61.1 Å². The third kappa shape index (κ3) is 2.10. The number of piperazine rings is 1. The number of likely N-dealkylation sites (N-methyl/N-ethyl adjacent to an activating group) is 1. The van der Waals surface area contributed by atoms with E-state index in [4.69, 9.17) is 6.85 Å². The molecule has 14 heavy (non-hydrogen) atoms. The van der Waals surface area contributed by atoms with Gasteiger partial charge in [-0.15, -0.1) is 0 Å². The Morgan fingerprint density at radius 1 is 1.43 bits per heavy atom. The molecule has 2 heterocycles. The van der Waals surface area contributed by atoms with E-state index >= 15 is 0 Å². The molecular formula is C11H23N3. The molecule has 0 unspecified atom stereocenters. The van der Waals surface area contributed by atoms with Gasteiger partial charge in [0.15, 0.2) is 0 Å². The highest BCUT2D eigenvalue weighted by Crippen LogP contribution is 2.16. The molecule has 0 aromatic carbocycles. The van der Waals surface area contributed by atoms with Gasteiger partial charge in [0.2, 0.25) is 0 Å². The number of rotatable bonds is 2. The van der Waals surface area contributed by atoms with Gasteiger partial charge in [-0.1, -0.05) is 6.85 Å². The lowest BCUT2D eigenvalue weighted by atomic mass is 10.1. The van der Waals surface area contributed by atoms with Crippen molar-refractivity contribution in [1.82, 2.24) is 15.1 Å². The molecule has 0 aromatic heterocycles. The lowest BCUT2D eigenvalue weighted by molar-refractivity contribution is 0.0955. The number of hydrogen-bond donors (Lipinski definition) is 1. The summed E-state index contributed by atoms with van der Waals surface area (Å²) < 4.78 is 37.5. The minimum atomic E-state index is -2.59. The van der Waals surface area contributed by atoms with Gasteiger partial charge in [-0.25, -0.2) is 0 Å². The minimum absolute atomic E-state index is 0.464. The third-order valence-corrected chi connectivity index (χ3v) is 3.42. The van der Waals surface area contributed by atoms with Crippen LogP contribution in [0.5, 0.6) is 0 Å². The van der Waals surface area contributed by atoms with E-state index in [2.05, 4.69) is 17.1 Å². The van der Waals surface area contributed by atoms with Gasteiger partial charge >= 0.3 is 0 Å². The second kappa shape index (κ2) is 4.60. The Bertz CT molecular complexity index is 312. The Morgan fingerprint density at radius 3 is 2.79 bits per heavy atom. The molecule has 2 saturated heterocycles. The maximum Gasteiger partial charge on any atom is 0.0428 e. The first-order valence-electron chi connectivity index (χ1n) is 7.96. The number of nitrogens with zero attached hydrogens (tertiary/aromatic N) is 2. The maximum absolute atomic E-state index is 7.79. The lowest BCUT2D eigenvalue weighted by Gasteiger charge is -2.38. The van der Waals surface area contributed by atoms with Gasteiger partial charge in [0.05, 0.1) is 0 Å². The average Bonchev–Trinajstić information content (AvgIpc) is 2.74. The van der Waals surface area contributed by atoms with Gasteiger partial charge in [-0.05, 0) is 26.4 Å². The first-order chi connectivity index (χ1) is 8.73. The van der Waals surface area contributed by atoms with Crippen molar-refractivity contribution in [1.29, 1.82) is 0 Å². The van der Waals surface area contributed by atoms with Crippen molar-refractivity contribution in [3.05, 3.63) is 0 Å². The highest BCUT2D eigenvalue weighted by Gasteiger charge is 2.30. The van der Waals surface area contributed by atoms with Crippen LogP contribution in [0.25, 0.3) is 0 Å². The van der Waals surface area contributed by atoms with Crippen molar-refractivity contribution in [2.75, 3.05) is 39.2 Å². The zero-order valence-corrected chi connectivity index (χ0v) is 8.79. The molecule has 2 rings (SSSR count). The molecule has 3 nitrogen and oxygen atoms in total. The molecule has 2 aliphatic heterocycles. The van der Waals surface area contributed by atoms with Crippen LogP contribution in [0.1, 0.15) is 27.1 Å². The Balaban J connectivity index is 1.92. The fourth-order valence-electron chi connectivity index (χ4n) is 2.51. The zero-order valence-electron chi connectivity index (χ0n) is 13.8. The second-order valence-electron chi connectivity index (χ2n) is 4.23. The summed E-state index contributed by atoms with van der Waals surface area (Å²) in [7, 11) is 0. The van der Waals surface area contributed by atoms with Crippen LogP contribution in [0, 0.1) is 0 Å². The SMILES string of the molecule is [2H]C([2H])([2H])C([2H])([2H])N1CCN([C@H]2CCN[C@H]2C)CC1. The molecule has 0 radical (unpaired) electrons. The summed E-state index contributed by atoms with van der Waals surface area (Å²) in [5, 5.41) is 3.41. The molecule has 2 aliphatic rings. The normalized spacial score (nSPS) is 43.6. The first kappa shape index (κ1) is 5.83. The quantitative estimate of drug-likeness (QED) is 0.698. The van der Waals surface area contributed by atoms with Crippen molar-refractivity contribution in [3.8, 4) is 0 Å². The van der Waals surface area contributed by atoms with Crippen LogP contribution in [0.15, 0.2) is 0 Å². The van der Waals surface area contributed by atoms with E-state index in [1.807, 2.05) is 0 Å². The topological polar surface area (TPSA) is 18.5 Å². The number of nitrogens with one attached hydrogen (secondary N) is 1. The van der Waals surface area contributed by atoms with E-state index in [0.29, 0.717) is 25.2 Å². The minimum Gasteiger partial charge on any atom is -0.313 e. The third-order valence-electron chi connectivity index (χ3n) is 3.42.